The van der Waals surface area contributed by atoms with Crippen LogP contribution in [0.1, 0.15) is 45.7 Å². The third-order valence-corrected chi connectivity index (χ3v) is 7.47. The summed E-state index contributed by atoms with van der Waals surface area (Å²) in [5.74, 6) is -1.04. The van der Waals surface area contributed by atoms with Gasteiger partial charge in [0.1, 0.15) is 23.3 Å². The number of carbonyl (C=O) groups is 4. The summed E-state index contributed by atoms with van der Waals surface area (Å²) in [4.78, 5) is 59.4. The highest BCUT2D eigenvalue weighted by Gasteiger charge is 2.39. The molecule has 2 heterocycles. The highest BCUT2D eigenvalue weighted by molar-refractivity contribution is 5.94. The van der Waals surface area contributed by atoms with E-state index >= 15 is 0 Å². The van der Waals surface area contributed by atoms with Gasteiger partial charge >= 0.3 is 6.09 Å². The Labute approximate surface area is 250 Å². The average molecular weight is 589 g/mol. The number of fused-ring (bicyclic) bond motifs is 2. The van der Waals surface area contributed by atoms with Gasteiger partial charge in [0.2, 0.25) is 18.2 Å². The molecule has 4 rings (SSSR count). The molecule has 11 nitrogen and oxygen atoms in total. The zero-order valence-corrected chi connectivity index (χ0v) is 25.4. The van der Waals surface area contributed by atoms with E-state index in [0.717, 1.165) is 32.9 Å². The minimum Gasteiger partial charge on any atom is -0.444 e. The molecule has 0 saturated heterocycles. The van der Waals surface area contributed by atoms with Crippen molar-refractivity contribution >= 4 is 46.1 Å². The van der Waals surface area contributed by atoms with Gasteiger partial charge in [-0.2, -0.15) is 0 Å². The molecular formula is C32H40N6O5. The normalized spacial score (nSPS) is 13.3. The van der Waals surface area contributed by atoms with Crippen LogP contribution in [0.5, 0.6) is 0 Å². The second-order valence-corrected chi connectivity index (χ2v) is 12.1. The average Bonchev–Trinajstić information content (AvgIpc) is 3.55. The second-order valence-electron chi connectivity index (χ2n) is 12.1. The lowest BCUT2D eigenvalue weighted by molar-refractivity contribution is -0.135. The van der Waals surface area contributed by atoms with Gasteiger partial charge in [-0.05, 0) is 57.9 Å². The highest BCUT2D eigenvalue weighted by Crippen LogP contribution is 2.22. The topological polar surface area (TPSA) is 148 Å². The van der Waals surface area contributed by atoms with Gasteiger partial charge in [0, 0.05) is 54.1 Å². The van der Waals surface area contributed by atoms with Gasteiger partial charge in [0.05, 0.1) is 0 Å². The summed E-state index contributed by atoms with van der Waals surface area (Å²) in [5, 5.41) is 10.3. The number of nitrogens with one attached hydrogen (secondary N) is 5. The molecule has 0 spiro atoms. The van der Waals surface area contributed by atoms with Crippen LogP contribution in [0.25, 0.3) is 21.8 Å². The zero-order chi connectivity index (χ0) is 31.4. The van der Waals surface area contributed by atoms with Crippen molar-refractivity contribution in [1.82, 2.24) is 30.8 Å². The second kappa shape index (κ2) is 12.6. The van der Waals surface area contributed by atoms with Crippen LogP contribution < -0.4 is 16.0 Å². The molecule has 0 unspecified atom stereocenters. The summed E-state index contributed by atoms with van der Waals surface area (Å²) in [5.41, 5.74) is 1.47. The predicted molar refractivity (Wildman–Crippen MR) is 165 cm³/mol. The van der Waals surface area contributed by atoms with Crippen LogP contribution in [-0.4, -0.2) is 69.6 Å². The lowest BCUT2D eigenvalue weighted by Gasteiger charge is -2.36. The van der Waals surface area contributed by atoms with Crippen LogP contribution in [0.15, 0.2) is 60.9 Å². The monoisotopic (exact) mass is 588 g/mol. The SMILES string of the molecule is CN(C(=O)OC(C)(C)C)C(C)(C)C(=O)N[C@H](Cc1c[nH]c2ccccc12)C(=O)N[C@H](Cc1c[nH]c2ccccc12)NC=O. The van der Waals surface area contributed by atoms with Crippen LogP contribution in [0.4, 0.5) is 4.79 Å². The number of para-hydroxylation sites is 2. The van der Waals surface area contributed by atoms with Crippen molar-refractivity contribution in [2.75, 3.05) is 7.05 Å². The zero-order valence-electron chi connectivity index (χ0n) is 25.4. The molecule has 0 saturated carbocycles. The number of benzene rings is 2. The fourth-order valence-electron chi connectivity index (χ4n) is 4.80. The number of hydrogen-bond donors (Lipinski definition) is 5. The van der Waals surface area contributed by atoms with Gasteiger partial charge in [-0.3, -0.25) is 19.3 Å². The number of aromatic nitrogens is 2. The van der Waals surface area contributed by atoms with E-state index in [0.29, 0.717) is 12.8 Å². The lowest BCUT2D eigenvalue weighted by Crippen LogP contribution is -2.61. The van der Waals surface area contributed by atoms with E-state index in [2.05, 4.69) is 25.9 Å². The third kappa shape index (κ3) is 7.35. The minimum absolute atomic E-state index is 0.161. The molecule has 4 aromatic rings. The van der Waals surface area contributed by atoms with Gasteiger partial charge in [-0.15, -0.1) is 0 Å². The Balaban J connectivity index is 1.58. The maximum Gasteiger partial charge on any atom is 0.410 e. The van der Waals surface area contributed by atoms with E-state index in [1.54, 1.807) is 34.6 Å². The number of carbonyl (C=O) groups excluding carboxylic acids is 4. The first-order valence-corrected chi connectivity index (χ1v) is 14.2. The van der Waals surface area contributed by atoms with E-state index in [1.165, 1.54) is 11.9 Å². The molecule has 228 valence electrons. The molecule has 11 heteroatoms. The molecule has 0 radical (unpaired) electrons. The number of nitrogens with zero attached hydrogens (tertiary/aromatic N) is 1. The molecule has 0 bridgehead atoms. The third-order valence-electron chi connectivity index (χ3n) is 7.47. The summed E-state index contributed by atoms with van der Waals surface area (Å²) in [6, 6.07) is 14.4. The maximum absolute atomic E-state index is 13.8. The summed E-state index contributed by atoms with van der Waals surface area (Å²) in [7, 11) is 1.48. The fourth-order valence-corrected chi connectivity index (χ4v) is 4.80. The Morgan fingerprint density at radius 2 is 1.40 bits per heavy atom. The molecule has 4 amide bonds. The largest absolute Gasteiger partial charge is 0.444 e. The lowest BCUT2D eigenvalue weighted by atomic mass is 9.99. The molecule has 0 aliphatic heterocycles. The van der Waals surface area contributed by atoms with E-state index in [9.17, 15) is 19.2 Å². The Morgan fingerprint density at radius 3 is 1.93 bits per heavy atom. The van der Waals surface area contributed by atoms with Crippen molar-refractivity contribution in [3.8, 4) is 0 Å². The number of likely N-dealkylation sites (N-methyl/N-ethyl adjacent to an activating group) is 1. The standard InChI is InChI=1S/C32H40N6O5/c1-31(2,3)43-30(42)38(6)32(4,5)29(41)36-26(15-20-17-33-24-13-9-7-11-22(20)24)28(40)37-27(35-19-39)16-21-18-34-25-14-10-8-12-23(21)25/h7-14,17-19,26-27,33-34H,15-16H2,1-6H3,(H,35,39)(H,36,41)(H,37,40)/t26-,27-/m1/s1. The number of amides is 4. The van der Waals surface area contributed by atoms with E-state index in [1.807, 2.05) is 60.9 Å². The first-order valence-electron chi connectivity index (χ1n) is 14.2. The Kier molecular flexibility index (Phi) is 9.13. The van der Waals surface area contributed by atoms with E-state index in [-0.39, 0.29) is 6.42 Å². The van der Waals surface area contributed by atoms with Gasteiger partial charge < -0.3 is 30.7 Å². The van der Waals surface area contributed by atoms with Gasteiger partial charge in [0.25, 0.3) is 0 Å². The molecule has 5 N–H and O–H groups in total. The van der Waals surface area contributed by atoms with Crippen LogP contribution in [0.2, 0.25) is 0 Å². The number of rotatable bonds is 11. The van der Waals surface area contributed by atoms with Gasteiger partial charge in [-0.25, -0.2) is 4.79 Å². The number of ether oxygens (including phenoxy) is 1. The smallest absolute Gasteiger partial charge is 0.410 e. The van der Waals surface area contributed by atoms with Crippen LogP contribution in [0, 0.1) is 0 Å². The molecule has 0 aliphatic carbocycles. The van der Waals surface area contributed by atoms with E-state index < -0.39 is 41.3 Å². The predicted octanol–water partition coefficient (Wildman–Crippen LogP) is 3.75. The van der Waals surface area contributed by atoms with Crippen molar-refractivity contribution < 1.29 is 23.9 Å². The van der Waals surface area contributed by atoms with Gasteiger partial charge in [0.15, 0.2) is 0 Å². The summed E-state index contributed by atoms with van der Waals surface area (Å²) in [6.45, 7) is 8.40. The molecule has 0 fully saturated rings. The molecule has 2 aromatic heterocycles. The first-order chi connectivity index (χ1) is 20.3. The van der Waals surface area contributed by atoms with Gasteiger partial charge in [-0.1, -0.05) is 36.4 Å². The van der Waals surface area contributed by atoms with Crippen molar-refractivity contribution in [2.45, 2.75) is 70.8 Å². The van der Waals surface area contributed by atoms with Crippen molar-refractivity contribution in [2.24, 2.45) is 0 Å². The summed E-state index contributed by atoms with van der Waals surface area (Å²) >= 11 is 0. The number of hydrogen-bond acceptors (Lipinski definition) is 5. The molecule has 2 atom stereocenters. The van der Waals surface area contributed by atoms with Crippen molar-refractivity contribution in [3.05, 3.63) is 72.1 Å². The summed E-state index contributed by atoms with van der Waals surface area (Å²) in [6.07, 6.45) is 3.25. The van der Waals surface area contributed by atoms with Crippen LogP contribution in [0.3, 0.4) is 0 Å². The molecule has 43 heavy (non-hydrogen) atoms. The van der Waals surface area contributed by atoms with Crippen molar-refractivity contribution in [1.29, 1.82) is 0 Å². The Morgan fingerprint density at radius 1 is 0.860 bits per heavy atom. The van der Waals surface area contributed by atoms with Crippen LogP contribution in [-0.2, 0) is 32.0 Å². The number of aromatic amines is 2. The molecule has 2 aromatic carbocycles. The fraction of sp³-hybridized carbons (Fsp3) is 0.375. The quantitative estimate of drug-likeness (QED) is 0.134. The van der Waals surface area contributed by atoms with Crippen molar-refractivity contribution in [3.63, 3.8) is 0 Å². The molecular weight excluding hydrogens is 548 g/mol. The molecule has 0 aliphatic rings. The highest BCUT2D eigenvalue weighted by atomic mass is 16.6. The summed E-state index contributed by atoms with van der Waals surface area (Å²) < 4.78 is 5.46. The van der Waals surface area contributed by atoms with E-state index in [4.69, 9.17) is 4.74 Å². The Hall–Kier alpha value is -4.80. The first kappa shape index (κ1) is 31.1. The Bertz CT molecular complexity index is 1620. The minimum atomic E-state index is -1.36. The maximum atomic E-state index is 13.8. The number of H-pyrrole nitrogens is 2. The van der Waals surface area contributed by atoms with Crippen LogP contribution >= 0.6 is 0 Å².